The molecule has 1 fully saturated rings. The molecule has 0 saturated carbocycles. The zero-order valence-electron chi connectivity index (χ0n) is 10.6. The molecular formula is C12H15N3O3S. The fourth-order valence-corrected chi connectivity index (χ4v) is 2.84. The Bertz CT molecular complexity index is 520. The fraction of sp³-hybridized carbons (Fsp3) is 0.500. The Morgan fingerprint density at radius 2 is 2.42 bits per heavy atom. The number of thioether (sulfide) groups is 1. The predicted molar refractivity (Wildman–Crippen MR) is 69.7 cm³/mol. The highest BCUT2D eigenvalue weighted by atomic mass is 32.2. The molecule has 0 spiro atoms. The van der Waals surface area contributed by atoms with Crippen molar-refractivity contribution in [1.29, 1.82) is 0 Å². The van der Waals surface area contributed by atoms with Gasteiger partial charge in [-0.3, -0.25) is 0 Å². The molecule has 0 aromatic carbocycles. The molecule has 0 N–H and O–H groups in total. The molecule has 19 heavy (non-hydrogen) atoms. The Balaban J connectivity index is 1.65. The lowest BCUT2D eigenvalue weighted by Gasteiger charge is -2.21. The summed E-state index contributed by atoms with van der Waals surface area (Å²) in [6.07, 6.45) is 2.78. The smallest absolute Gasteiger partial charge is 0.200 e. The third kappa shape index (κ3) is 2.83. The van der Waals surface area contributed by atoms with Crippen LogP contribution < -0.4 is 0 Å². The number of rotatable bonds is 4. The first-order valence-electron chi connectivity index (χ1n) is 6.10. The first-order chi connectivity index (χ1) is 9.34. The predicted octanol–water partition coefficient (Wildman–Crippen LogP) is 1.93. The van der Waals surface area contributed by atoms with Crippen molar-refractivity contribution in [2.75, 3.05) is 19.2 Å². The van der Waals surface area contributed by atoms with Crippen LogP contribution in [-0.2, 0) is 16.5 Å². The van der Waals surface area contributed by atoms with Gasteiger partial charge in [-0.25, -0.2) is 0 Å². The van der Waals surface area contributed by atoms with Crippen LogP contribution in [0.2, 0.25) is 0 Å². The number of hydrogen-bond acceptors (Lipinski definition) is 6. The topological polar surface area (TPSA) is 62.3 Å². The normalized spacial score (nSPS) is 19.7. The number of furan rings is 1. The standard InChI is InChI=1S/C12H15N3O3S/c1-15-11(10-3-2-5-17-10)13-14-12(15)19-7-9-4-6-16-8-18-9/h2-3,5,9H,4,6-8H2,1H3/t9-/m0/s1. The SMILES string of the molecule is Cn1c(SC[C@@H]2CCOCO2)nnc1-c1ccco1. The summed E-state index contributed by atoms with van der Waals surface area (Å²) in [6.45, 7) is 1.16. The van der Waals surface area contributed by atoms with Crippen LogP contribution >= 0.6 is 11.8 Å². The van der Waals surface area contributed by atoms with Gasteiger partial charge in [0.05, 0.1) is 19.0 Å². The molecule has 0 radical (unpaired) electrons. The van der Waals surface area contributed by atoms with Crippen molar-refractivity contribution in [3.63, 3.8) is 0 Å². The molecule has 0 amide bonds. The fourth-order valence-electron chi connectivity index (χ4n) is 1.86. The number of nitrogens with zero attached hydrogens (tertiary/aromatic N) is 3. The molecule has 0 aliphatic carbocycles. The van der Waals surface area contributed by atoms with E-state index in [4.69, 9.17) is 13.9 Å². The molecule has 0 unspecified atom stereocenters. The van der Waals surface area contributed by atoms with Crippen molar-refractivity contribution in [2.24, 2.45) is 7.05 Å². The maximum Gasteiger partial charge on any atom is 0.200 e. The Kier molecular flexibility index (Phi) is 3.86. The minimum Gasteiger partial charge on any atom is -0.461 e. The number of aromatic nitrogens is 3. The molecule has 0 bridgehead atoms. The number of hydrogen-bond donors (Lipinski definition) is 0. The van der Waals surface area contributed by atoms with Crippen molar-refractivity contribution in [3.05, 3.63) is 18.4 Å². The van der Waals surface area contributed by atoms with Crippen molar-refractivity contribution >= 4 is 11.8 Å². The zero-order valence-corrected chi connectivity index (χ0v) is 11.4. The third-order valence-corrected chi connectivity index (χ3v) is 4.10. The summed E-state index contributed by atoms with van der Waals surface area (Å²) >= 11 is 1.64. The Labute approximate surface area is 115 Å². The minimum absolute atomic E-state index is 0.225. The van der Waals surface area contributed by atoms with E-state index in [1.807, 2.05) is 23.7 Å². The van der Waals surface area contributed by atoms with Gasteiger partial charge in [0.15, 0.2) is 16.7 Å². The van der Waals surface area contributed by atoms with Gasteiger partial charge in [-0.2, -0.15) is 0 Å². The van der Waals surface area contributed by atoms with Gasteiger partial charge in [0.1, 0.15) is 6.79 Å². The Morgan fingerprint density at radius 3 is 3.16 bits per heavy atom. The van der Waals surface area contributed by atoms with Gasteiger partial charge in [-0.15, -0.1) is 10.2 Å². The number of ether oxygens (including phenoxy) is 2. The highest BCUT2D eigenvalue weighted by Gasteiger charge is 2.18. The van der Waals surface area contributed by atoms with E-state index in [2.05, 4.69) is 10.2 Å². The maximum atomic E-state index is 5.50. The highest BCUT2D eigenvalue weighted by molar-refractivity contribution is 7.99. The summed E-state index contributed by atoms with van der Waals surface area (Å²) in [5.74, 6) is 2.32. The molecule has 2 aromatic rings. The van der Waals surface area contributed by atoms with Crippen LogP contribution in [0.3, 0.4) is 0 Å². The van der Waals surface area contributed by atoms with Crippen molar-refractivity contribution < 1.29 is 13.9 Å². The molecule has 1 atom stereocenters. The average molecular weight is 281 g/mol. The molecule has 6 nitrogen and oxygen atoms in total. The van der Waals surface area contributed by atoms with Gasteiger partial charge >= 0.3 is 0 Å². The molecule has 3 heterocycles. The molecule has 3 rings (SSSR count). The van der Waals surface area contributed by atoms with Crippen LogP contribution in [0.5, 0.6) is 0 Å². The van der Waals surface area contributed by atoms with Crippen LogP contribution in [0.4, 0.5) is 0 Å². The Hall–Kier alpha value is -1.31. The van der Waals surface area contributed by atoms with E-state index in [0.717, 1.165) is 35.5 Å². The first-order valence-corrected chi connectivity index (χ1v) is 7.08. The molecule has 7 heteroatoms. The van der Waals surface area contributed by atoms with Gasteiger partial charge in [0.25, 0.3) is 0 Å². The van der Waals surface area contributed by atoms with E-state index in [-0.39, 0.29) is 6.10 Å². The van der Waals surface area contributed by atoms with Gasteiger partial charge in [-0.05, 0) is 18.6 Å². The zero-order chi connectivity index (χ0) is 13.1. The van der Waals surface area contributed by atoms with Gasteiger partial charge in [-0.1, -0.05) is 11.8 Å². The lowest BCUT2D eigenvalue weighted by molar-refractivity contribution is -0.130. The molecule has 2 aromatic heterocycles. The van der Waals surface area contributed by atoms with E-state index in [1.54, 1.807) is 18.0 Å². The molecule has 1 aliphatic rings. The second kappa shape index (κ2) is 5.77. The van der Waals surface area contributed by atoms with Crippen LogP contribution in [-0.4, -0.2) is 40.0 Å². The lowest BCUT2D eigenvalue weighted by atomic mass is 10.3. The third-order valence-electron chi connectivity index (χ3n) is 2.95. The summed E-state index contributed by atoms with van der Waals surface area (Å²) in [5.41, 5.74) is 0. The van der Waals surface area contributed by atoms with E-state index in [0.29, 0.717) is 6.79 Å². The van der Waals surface area contributed by atoms with Crippen molar-refractivity contribution in [1.82, 2.24) is 14.8 Å². The molecule has 102 valence electrons. The lowest BCUT2D eigenvalue weighted by Crippen LogP contribution is -2.25. The maximum absolute atomic E-state index is 5.50. The van der Waals surface area contributed by atoms with E-state index in [1.165, 1.54) is 0 Å². The summed E-state index contributed by atoms with van der Waals surface area (Å²) in [6, 6.07) is 3.72. The van der Waals surface area contributed by atoms with Gasteiger partial charge in [0.2, 0.25) is 0 Å². The van der Waals surface area contributed by atoms with E-state index in [9.17, 15) is 0 Å². The van der Waals surface area contributed by atoms with Gasteiger partial charge in [0, 0.05) is 12.8 Å². The average Bonchev–Trinajstić information content (AvgIpc) is 3.07. The van der Waals surface area contributed by atoms with Crippen LogP contribution in [0.1, 0.15) is 6.42 Å². The highest BCUT2D eigenvalue weighted by Crippen LogP contribution is 2.24. The van der Waals surface area contributed by atoms with Crippen LogP contribution in [0.15, 0.2) is 28.0 Å². The summed E-state index contributed by atoms with van der Waals surface area (Å²) in [4.78, 5) is 0. The Morgan fingerprint density at radius 1 is 1.47 bits per heavy atom. The van der Waals surface area contributed by atoms with Gasteiger partial charge < -0.3 is 18.5 Å². The van der Waals surface area contributed by atoms with Crippen LogP contribution in [0.25, 0.3) is 11.6 Å². The van der Waals surface area contributed by atoms with Crippen LogP contribution in [0, 0.1) is 0 Å². The van der Waals surface area contributed by atoms with Crippen molar-refractivity contribution in [3.8, 4) is 11.6 Å². The second-order valence-electron chi connectivity index (χ2n) is 4.26. The molecule has 1 aliphatic heterocycles. The van der Waals surface area contributed by atoms with E-state index >= 15 is 0 Å². The second-order valence-corrected chi connectivity index (χ2v) is 5.24. The largest absolute Gasteiger partial charge is 0.461 e. The molecule has 1 saturated heterocycles. The van der Waals surface area contributed by atoms with E-state index < -0.39 is 0 Å². The summed E-state index contributed by atoms with van der Waals surface area (Å²) < 4.78 is 17.9. The monoisotopic (exact) mass is 281 g/mol. The molecular weight excluding hydrogens is 266 g/mol. The van der Waals surface area contributed by atoms with Crippen molar-refractivity contribution in [2.45, 2.75) is 17.7 Å². The summed E-state index contributed by atoms with van der Waals surface area (Å²) in [7, 11) is 1.94. The summed E-state index contributed by atoms with van der Waals surface area (Å²) in [5, 5.41) is 9.20. The quantitative estimate of drug-likeness (QED) is 0.798. The first kappa shape index (κ1) is 12.7. The minimum atomic E-state index is 0.225.